The molecule has 0 radical (unpaired) electrons. The van der Waals surface area contributed by atoms with Gasteiger partial charge in [0.15, 0.2) is 0 Å². The summed E-state index contributed by atoms with van der Waals surface area (Å²) in [6.45, 7) is 3.04. The normalized spacial score (nSPS) is 37.3. The fourth-order valence-corrected chi connectivity index (χ4v) is 2.90. The predicted molar refractivity (Wildman–Crippen MR) is 56.1 cm³/mol. The van der Waals surface area contributed by atoms with E-state index >= 15 is 0 Å². The van der Waals surface area contributed by atoms with Gasteiger partial charge in [-0.25, -0.2) is 0 Å². The third-order valence-corrected chi connectivity index (χ3v) is 3.91. The molecule has 1 saturated carbocycles. The number of aliphatic hydroxyl groups excluding tert-OH is 1. The zero-order chi connectivity index (χ0) is 9.97. The summed E-state index contributed by atoms with van der Waals surface area (Å²) in [5.74, 6) is 1.06. The molecule has 0 aromatic rings. The molecule has 2 aliphatic rings. The predicted octanol–water partition coefficient (Wildman–Crippen LogP) is 2.35. The van der Waals surface area contributed by atoms with Crippen LogP contribution in [0.2, 0.25) is 0 Å². The Morgan fingerprint density at radius 2 is 1.86 bits per heavy atom. The smallest absolute Gasteiger partial charge is 0.0862 e. The van der Waals surface area contributed by atoms with Gasteiger partial charge in [0.05, 0.1) is 12.2 Å². The van der Waals surface area contributed by atoms with Gasteiger partial charge in [-0.15, -0.1) is 0 Å². The highest BCUT2D eigenvalue weighted by molar-refractivity contribution is 4.85. The van der Waals surface area contributed by atoms with Crippen LogP contribution in [0.15, 0.2) is 0 Å². The van der Waals surface area contributed by atoms with Crippen LogP contribution < -0.4 is 0 Å². The first-order chi connectivity index (χ1) is 6.79. The summed E-state index contributed by atoms with van der Waals surface area (Å²) in [6, 6.07) is 0. The number of aliphatic hydroxyl groups is 1. The Morgan fingerprint density at radius 3 is 2.43 bits per heavy atom. The standard InChI is InChI=1S/C12H22O2/c1-9-7-8-14-12(9)11(13)10-5-3-2-4-6-10/h9-13H,2-8H2,1H3. The Hall–Kier alpha value is -0.0800. The maximum absolute atomic E-state index is 10.2. The molecule has 0 aromatic heterocycles. The van der Waals surface area contributed by atoms with Gasteiger partial charge in [-0.05, 0) is 31.1 Å². The first kappa shape index (κ1) is 10.4. The van der Waals surface area contributed by atoms with Crippen LogP contribution in [-0.4, -0.2) is 23.9 Å². The number of hydrogen-bond donors (Lipinski definition) is 1. The van der Waals surface area contributed by atoms with Crippen molar-refractivity contribution in [2.75, 3.05) is 6.61 Å². The molecule has 0 spiro atoms. The lowest BCUT2D eigenvalue weighted by molar-refractivity contribution is -0.0529. The van der Waals surface area contributed by atoms with Crippen molar-refractivity contribution in [2.45, 2.75) is 57.7 Å². The van der Waals surface area contributed by atoms with Crippen LogP contribution in [0.3, 0.4) is 0 Å². The average Bonchev–Trinajstić information content (AvgIpc) is 2.65. The third kappa shape index (κ3) is 2.12. The van der Waals surface area contributed by atoms with Crippen molar-refractivity contribution in [2.24, 2.45) is 11.8 Å². The fourth-order valence-electron chi connectivity index (χ4n) is 2.90. The quantitative estimate of drug-likeness (QED) is 0.738. The summed E-state index contributed by atoms with van der Waals surface area (Å²) >= 11 is 0. The van der Waals surface area contributed by atoms with Crippen LogP contribution in [0.25, 0.3) is 0 Å². The van der Waals surface area contributed by atoms with E-state index in [1.165, 1.54) is 32.1 Å². The minimum Gasteiger partial charge on any atom is -0.390 e. The molecule has 14 heavy (non-hydrogen) atoms. The van der Waals surface area contributed by atoms with Crippen LogP contribution in [0.5, 0.6) is 0 Å². The Bertz CT molecular complexity index is 175. The molecule has 2 heteroatoms. The first-order valence-electron chi connectivity index (χ1n) is 6.08. The summed E-state index contributed by atoms with van der Waals surface area (Å²) in [5, 5.41) is 10.2. The van der Waals surface area contributed by atoms with E-state index in [4.69, 9.17) is 4.74 Å². The van der Waals surface area contributed by atoms with Gasteiger partial charge in [-0.2, -0.15) is 0 Å². The Morgan fingerprint density at radius 1 is 1.14 bits per heavy atom. The van der Waals surface area contributed by atoms with E-state index in [0.29, 0.717) is 11.8 Å². The van der Waals surface area contributed by atoms with E-state index in [9.17, 15) is 5.11 Å². The molecule has 1 N–H and O–H groups in total. The van der Waals surface area contributed by atoms with E-state index in [1.807, 2.05) is 0 Å². The maximum atomic E-state index is 10.2. The number of hydrogen-bond acceptors (Lipinski definition) is 2. The van der Waals surface area contributed by atoms with Gasteiger partial charge >= 0.3 is 0 Å². The molecule has 1 aliphatic heterocycles. The van der Waals surface area contributed by atoms with Crippen molar-refractivity contribution in [1.82, 2.24) is 0 Å². The average molecular weight is 198 g/mol. The minimum absolute atomic E-state index is 0.123. The van der Waals surface area contributed by atoms with Crippen molar-refractivity contribution in [3.63, 3.8) is 0 Å². The van der Waals surface area contributed by atoms with Crippen LogP contribution >= 0.6 is 0 Å². The van der Waals surface area contributed by atoms with E-state index < -0.39 is 0 Å². The second-order valence-corrected chi connectivity index (χ2v) is 4.99. The summed E-state index contributed by atoms with van der Waals surface area (Å²) in [4.78, 5) is 0. The zero-order valence-corrected chi connectivity index (χ0v) is 9.11. The Kier molecular flexibility index (Phi) is 3.45. The Balaban J connectivity index is 1.89. The highest BCUT2D eigenvalue weighted by Crippen LogP contribution is 2.33. The number of rotatable bonds is 2. The second-order valence-electron chi connectivity index (χ2n) is 4.99. The van der Waals surface area contributed by atoms with Crippen molar-refractivity contribution < 1.29 is 9.84 Å². The lowest BCUT2D eigenvalue weighted by Crippen LogP contribution is -2.37. The van der Waals surface area contributed by atoms with E-state index in [1.54, 1.807) is 0 Å². The molecule has 0 aromatic carbocycles. The summed E-state index contributed by atoms with van der Waals surface area (Å²) < 4.78 is 5.63. The van der Waals surface area contributed by atoms with Crippen LogP contribution in [0, 0.1) is 11.8 Å². The molecular weight excluding hydrogens is 176 g/mol. The lowest BCUT2D eigenvalue weighted by atomic mass is 9.81. The van der Waals surface area contributed by atoms with Crippen molar-refractivity contribution in [3.05, 3.63) is 0 Å². The van der Waals surface area contributed by atoms with Gasteiger partial charge in [0.25, 0.3) is 0 Å². The van der Waals surface area contributed by atoms with Gasteiger partial charge in [0, 0.05) is 6.61 Å². The largest absolute Gasteiger partial charge is 0.390 e. The molecule has 2 rings (SSSR count). The SMILES string of the molecule is CC1CCOC1C(O)C1CCCCC1. The van der Waals surface area contributed by atoms with Gasteiger partial charge in [-0.1, -0.05) is 26.2 Å². The second kappa shape index (κ2) is 4.63. The molecule has 3 unspecified atom stereocenters. The van der Waals surface area contributed by atoms with Gasteiger partial charge < -0.3 is 9.84 Å². The summed E-state index contributed by atoms with van der Waals surface area (Å²) in [5.41, 5.74) is 0. The molecule has 2 nitrogen and oxygen atoms in total. The minimum atomic E-state index is -0.201. The highest BCUT2D eigenvalue weighted by Gasteiger charge is 2.35. The topological polar surface area (TPSA) is 29.5 Å². The molecular formula is C12H22O2. The summed E-state index contributed by atoms with van der Waals surface area (Å²) in [6.07, 6.45) is 7.39. The molecule has 0 amide bonds. The van der Waals surface area contributed by atoms with Gasteiger partial charge in [-0.3, -0.25) is 0 Å². The van der Waals surface area contributed by atoms with Crippen LogP contribution in [-0.2, 0) is 4.74 Å². The van der Waals surface area contributed by atoms with Gasteiger partial charge in [0.2, 0.25) is 0 Å². The molecule has 1 aliphatic carbocycles. The molecule has 2 fully saturated rings. The fraction of sp³-hybridized carbons (Fsp3) is 1.00. The van der Waals surface area contributed by atoms with Crippen molar-refractivity contribution >= 4 is 0 Å². The lowest BCUT2D eigenvalue weighted by Gasteiger charge is -2.31. The molecule has 0 bridgehead atoms. The van der Waals surface area contributed by atoms with Crippen LogP contribution in [0.1, 0.15) is 45.4 Å². The highest BCUT2D eigenvalue weighted by atomic mass is 16.5. The van der Waals surface area contributed by atoms with Crippen molar-refractivity contribution in [1.29, 1.82) is 0 Å². The molecule has 1 heterocycles. The third-order valence-electron chi connectivity index (χ3n) is 3.91. The molecule has 3 atom stereocenters. The summed E-state index contributed by atoms with van der Waals surface area (Å²) in [7, 11) is 0. The van der Waals surface area contributed by atoms with Gasteiger partial charge in [0.1, 0.15) is 0 Å². The van der Waals surface area contributed by atoms with E-state index in [-0.39, 0.29) is 12.2 Å². The molecule has 82 valence electrons. The Labute approximate surface area is 86.6 Å². The van der Waals surface area contributed by atoms with Crippen LogP contribution in [0.4, 0.5) is 0 Å². The maximum Gasteiger partial charge on any atom is 0.0862 e. The van der Waals surface area contributed by atoms with E-state index in [2.05, 4.69) is 6.92 Å². The van der Waals surface area contributed by atoms with Crippen molar-refractivity contribution in [3.8, 4) is 0 Å². The van der Waals surface area contributed by atoms with E-state index in [0.717, 1.165) is 13.0 Å². The first-order valence-corrected chi connectivity index (χ1v) is 6.08. The zero-order valence-electron chi connectivity index (χ0n) is 9.11. The molecule has 1 saturated heterocycles. The monoisotopic (exact) mass is 198 g/mol. The number of ether oxygens (including phenoxy) is 1.